The summed E-state index contributed by atoms with van der Waals surface area (Å²) in [5, 5.41) is 0. The molecule has 62 heavy (non-hydrogen) atoms. The van der Waals surface area contributed by atoms with Gasteiger partial charge in [-0.2, -0.15) is 0 Å². The number of nitrogens with zero attached hydrogens (tertiary/aromatic N) is 4. The van der Waals surface area contributed by atoms with Gasteiger partial charge in [-0.25, -0.2) is 19.9 Å². The Bertz CT molecular complexity index is 3270. The molecular weight excluding hydrogens is 761 g/mol. The molecule has 0 aliphatic carbocycles. The fourth-order valence-electron chi connectivity index (χ4n) is 7.18. The van der Waals surface area contributed by atoms with Crippen LogP contribution in [0.1, 0.15) is 11.1 Å². The lowest BCUT2D eigenvalue weighted by Crippen LogP contribution is -1.95. The second kappa shape index (κ2) is 16.9. The van der Waals surface area contributed by atoms with Crippen molar-refractivity contribution in [3.63, 3.8) is 0 Å². The van der Waals surface area contributed by atoms with Crippen LogP contribution in [0.4, 0.5) is 0 Å². The first-order valence-corrected chi connectivity index (χ1v) is 20.2. The number of hydrogen-bond donors (Lipinski definition) is 0. The van der Waals surface area contributed by atoms with Gasteiger partial charge in [0.2, 0.25) is 0 Å². The molecule has 10 aromatic rings. The summed E-state index contributed by atoms with van der Waals surface area (Å²) in [7, 11) is 0. The average molecular weight is 797 g/mol. The molecule has 0 N–H and O–H groups in total. The van der Waals surface area contributed by atoms with E-state index in [-0.39, 0.29) is 0 Å². The number of benzene rings is 8. The first-order valence-electron chi connectivity index (χ1n) is 20.2. The number of aromatic nitrogens is 4. The standard InChI is InChI=1S/C56H36N4O2/c1-38(40-24-32-46(33-25-40)62-48-36-28-44(29-37-48)56-54(42-14-6-3-7-15-42)58-50-17-9-11-19-52(50)60-56)20-21-39-22-30-45(31-23-39)61-47-34-26-43(27-35-47)55-53(41-12-4-2-5-13-41)57-49-16-8-10-18-51(49)59-55/h2-19,22-37H,1H2. The van der Waals surface area contributed by atoms with Gasteiger partial charge >= 0.3 is 0 Å². The zero-order valence-electron chi connectivity index (χ0n) is 33.4. The van der Waals surface area contributed by atoms with Gasteiger partial charge in [-0.05, 0) is 115 Å². The Hall–Kier alpha value is -8.66. The molecule has 2 heterocycles. The Kier molecular flexibility index (Phi) is 10.3. The van der Waals surface area contributed by atoms with Gasteiger partial charge in [-0.1, -0.05) is 115 Å². The molecule has 0 saturated heterocycles. The molecule has 0 bridgehead atoms. The third-order valence-corrected chi connectivity index (χ3v) is 10.4. The molecule has 2 aromatic heterocycles. The SMILES string of the molecule is C=C(C#Cc1ccc(Oc2ccc(-c3nc4ccccc4nc3-c3ccccc3)cc2)cc1)c1ccc(Oc2ccc(-c3nc4ccccc4nc3-c3ccccc3)cc2)cc1. The molecule has 0 radical (unpaired) electrons. The first-order chi connectivity index (χ1) is 30.6. The Morgan fingerprint density at radius 1 is 0.339 bits per heavy atom. The van der Waals surface area contributed by atoms with E-state index in [1.165, 1.54) is 0 Å². The molecule has 0 atom stereocenters. The van der Waals surface area contributed by atoms with Crippen LogP contribution in [0.15, 0.2) is 213 Å². The van der Waals surface area contributed by atoms with E-state index in [1.54, 1.807) is 0 Å². The molecule has 0 aliphatic rings. The Balaban J connectivity index is 0.778. The summed E-state index contributed by atoms with van der Waals surface area (Å²) in [4.78, 5) is 20.0. The minimum atomic E-state index is 0.707. The van der Waals surface area contributed by atoms with E-state index in [0.29, 0.717) is 28.6 Å². The summed E-state index contributed by atoms with van der Waals surface area (Å²) in [6.45, 7) is 4.22. The lowest BCUT2D eigenvalue weighted by molar-refractivity contribution is 0.482. The van der Waals surface area contributed by atoms with E-state index >= 15 is 0 Å². The number of hydrogen-bond acceptors (Lipinski definition) is 6. The minimum absolute atomic E-state index is 0.707. The number of para-hydroxylation sites is 4. The molecule has 0 aliphatic heterocycles. The van der Waals surface area contributed by atoms with Crippen molar-refractivity contribution in [3.8, 4) is 79.9 Å². The van der Waals surface area contributed by atoms with Crippen molar-refractivity contribution >= 4 is 27.6 Å². The molecule has 6 nitrogen and oxygen atoms in total. The molecule has 10 rings (SSSR count). The molecule has 292 valence electrons. The lowest BCUT2D eigenvalue weighted by atomic mass is 10.0. The Labute approximate surface area is 359 Å². The molecule has 0 amide bonds. The first kappa shape index (κ1) is 37.6. The van der Waals surface area contributed by atoms with Crippen molar-refractivity contribution in [2.75, 3.05) is 0 Å². The molecule has 0 spiro atoms. The van der Waals surface area contributed by atoms with Crippen molar-refractivity contribution < 1.29 is 9.47 Å². The van der Waals surface area contributed by atoms with Crippen molar-refractivity contribution in [2.24, 2.45) is 0 Å². The molecular formula is C56H36N4O2. The van der Waals surface area contributed by atoms with Gasteiger partial charge in [-0.15, -0.1) is 0 Å². The summed E-state index contributed by atoms with van der Waals surface area (Å²) in [6, 6.07) is 67.6. The fraction of sp³-hybridized carbons (Fsp3) is 0. The summed E-state index contributed by atoms with van der Waals surface area (Å²) >= 11 is 0. The van der Waals surface area contributed by atoms with Gasteiger partial charge in [0.25, 0.3) is 0 Å². The summed E-state index contributed by atoms with van der Waals surface area (Å²) in [6.07, 6.45) is 0. The van der Waals surface area contributed by atoms with E-state index in [9.17, 15) is 0 Å². The van der Waals surface area contributed by atoms with Crippen molar-refractivity contribution in [1.29, 1.82) is 0 Å². The third-order valence-electron chi connectivity index (χ3n) is 10.4. The van der Waals surface area contributed by atoms with Crippen LogP contribution in [0.3, 0.4) is 0 Å². The lowest BCUT2D eigenvalue weighted by Gasteiger charge is -2.12. The predicted molar refractivity (Wildman–Crippen MR) is 250 cm³/mol. The van der Waals surface area contributed by atoms with Gasteiger partial charge in [0.15, 0.2) is 0 Å². The van der Waals surface area contributed by atoms with Crippen LogP contribution >= 0.6 is 0 Å². The number of rotatable bonds is 9. The Morgan fingerprint density at radius 2 is 0.645 bits per heavy atom. The second-order valence-corrected chi connectivity index (χ2v) is 14.6. The van der Waals surface area contributed by atoms with Crippen molar-refractivity contribution in [3.05, 3.63) is 224 Å². The highest BCUT2D eigenvalue weighted by Gasteiger charge is 2.15. The molecule has 0 saturated carbocycles. The average Bonchev–Trinajstić information content (AvgIpc) is 3.34. The van der Waals surface area contributed by atoms with Gasteiger partial charge in [0, 0.05) is 33.4 Å². The third kappa shape index (κ3) is 8.15. The maximum Gasteiger partial charge on any atom is 0.127 e. The zero-order chi connectivity index (χ0) is 41.7. The second-order valence-electron chi connectivity index (χ2n) is 14.6. The normalized spacial score (nSPS) is 10.8. The van der Waals surface area contributed by atoms with Crippen molar-refractivity contribution in [1.82, 2.24) is 19.9 Å². The smallest absolute Gasteiger partial charge is 0.127 e. The summed E-state index contributed by atoms with van der Waals surface area (Å²) < 4.78 is 12.4. The quantitative estimate of drug-likeness (QED) is 0.136. The van der Waals surface area contributed by atoms with Gasteiger partial charge in [-0.3, -0.25) is 0 Å². The van der Waals surface area contributed by atoms with Gasteiger partial charge in [0.1, 0.15) is 23.0 Å². The minimum Gasteiger partial charge on any atom is -0.457 e. The van der Waals surface area contributed by atoms with Crippen LogP contribution < -0.4 is 9.47 Å². The molecule has 6 heteroatoms. The summed E-state index contributed by atoms with van der Waals surface area (Å²) in [5.74, 6) is 9.29. The van der Waals surface area contributed by atoms with E-state index < -0.39 is 0 Å². The van der Waals surface area contributed by atoms with E-state index in [1.807, 2.05) is 182 Å². The monoisotopic (exact) mass is 796 g/mol. The van der Waals surface area contributed by atoms with Crippen LogP contribution in [0.2, 0.25) is 0 Å². The highest BCUT2D eigenvalue weighted by Crippen LogP contribution is 2.35. The number of ether oxygens (including phenoxy) is 2. The van der Waals surface area contributed by atoms with Crippen LogP contribution in [-0.2, 0) is 0 Å². The maximum atomic E-state index is 6.21. The predicted octanol–water partition coefficient (Wildman–Crippen LogP) is 13.9. The van der Waals surface area contributed by atoms with Crippen molar-refractivity contribution in [2.45, 2.75) is 0 Å². The largest absolute Gasteiger partial charge is 0.457 e. The maximum absolute atomic E-state index is 6.21. The fourth-order valence-corrected chi connectivity index (χ4v) is 7.18. The van der Waals surface area contributed by atoms with E-state index in [0.717, 1.165) is 78.2 Å². The van der Waals surface area contributed by atoms with E-state index in [2.05, 4.69) is 42.7 Å². The van der Waals surface area contributed by atoms with Gasteiger partial charge < -0.3 is 9.47 Å². The number of fused-ring (bicyclic) bond motifs is 2. The molecule has 0 unspecified atom stereocenters. The topological polar surface area (TPSA) is 70.0 Å². The summed E-state index contributed by atoms with van der Waals surface area (Å²) in [5.41, 5.74) is 13.2. The number of allylic oxidation sites excluding steroid dienone is 1. The van der Waals surface area contributed by atoms with Crippen LogP contribution in [-0.4, -0.2) is 19.9 Å². The zero-order valence-corrected chi connectivity index (χ0v) is 33.4. The van der Waals surface area contributed by atoms with Crippen LogP contribution in [0, 0.1) is 11.8 Å². The highest BCUT2D eigenvalue weighted by molar-refractivity contribution is 5.87. The molecule has 8 aromatic carbocycles. The van der Waals surface area contributed by atoms with E-state index in [4.69, 9.17) is 29.4 Å². The van der Waals surface area contributed by atoms with Crippen LogP contribution in [0.5, 0.6) is 23.0 Å². The highest BCUT2D eigenvalue weighted by atomic mass is 16.5. The van der Waals surface area contributed by atoms with Gasteiger partial charge in [0.05, 0.1) is 44.8 Å². The molecule has 0 fully saturated rings. The Morgan fingerprint density at radius 3 is 1.02 bits per heavy atom. The van der Waals surface area contributed by atoms with Crippen LogP contribution in [0.25, 0.3) is 72.7 Å².